The summed E-state index contributed by atoms with van der Waals surface area (Å²) in [5.74, 6) is 0.504. The third-order valence-corrected chi connectivity index (χ3v) is 6.21. The van der Waals surface area contributed by atoms with E-state index < -0.39 is 0 Å². The van der Waals surface area contributed by atoms with Crippen LogP contribution in [-0.2, 0) is 16.1 Å². The first-order valence-electron chi connectivity index (χ1n) is 10.4. The van der Waals surface area contributed by atoms with E-state index >= 15 is 0 Å². The molecule has 1 fully saturated rings. The van der Waals surface area contributed by atoms with E-state index in [4.69, 9.17) is 4.74 Å². The lowest BCUT2D eigenvalue weighted by Gasteiger charge is -2.16. The molecule has 31 heavy (non-hydrogen) atoms. The number of carbonyl (C=O) groups is 1. The number of aromatic nitrogens is 3. The third kappa shape index (κ3) is 5.51. The van der Waals surface area contributed by atoms with Gasteiger partial charge in [0, 0.05) is 12.2 Å². The monoisotopic (exact) mass is 440 g/mol. The van der Waals surface area contributed by atoms with Gasteiger partial charge in [0.15, 0.2) is 11.0 Å². The summed E-state index contributed by atoms with van der Waals surface area (Å²) in [4.78, 5) is 12.5. The molecule has 2 heterocycles. The number of ether oxygens (including phenoxy) is 1. The van der Waals surface area contributed by atoms with Crippen LogP contribution in [0.3, 0.4) is 0 Å². The standard InChI is InChI=1S/C23H25FN4O2S/c1-16(17-6-3-2-4-7-17)25-21(29)15-31-23-27-26-22(18-9-11-19(24)12-10-18)28(23)14-20-8-5-13-30-20/h2-4,6-7,9-12,16,20H,5,8,13-15H2,1H3,(H,25,29)/t16-,20-/m1/s1. The van der Waals surface area contributed by atoms with Gasteiger partial charge in [-0.25, -0.2) is 4.39 Å². The highest BCUT2D eigenvalue weighted by Gasteiger charge is 2.22. The van der Waals surface area contributed by atoms with Crippen LogP contribution in [0.25, 0.3) is 11.4 Å². The lowest BCUT2D eigenvalue weighted by Crippen LogP contribution is -2.28. The minimum atomic E-state index is -0.298. The number of nitrogens with one attached hydrogen (secondary N) is 1. The van der Waals surface area contributed by atoms with E-state index in [9.17, 15) is 9.18 Å². The van der Waals surface area contributed by atoms with E-state index in [0.717, 1.165) is 30.6 Å². The number of halogens is 1. The second-order valence-electron chi connectivity index (χ2n) is 7.55. The number of benzene rings is 2. The first-order valence-corrected chi connectivity index (χ1v) is 11.4. The molecule has 1 N–H and O–H groups in total. The lowest BCUT2D eigenvalue weighted by atomic mass is 10.1. The molecule has 0 saturated carbocycles. The number of amides is 1. The Labute approximate surface area is 185 Å². The van der Waals surface area contributed by atoms with Gasteiger partial charge >= 0.3 is 0 Å². The van der Waals surface area contributed by atoms with Gasteiger partial charge in [0.05, 0.1) is 24.4 Å². The molecule has 0 aliphatic carbocycles. The smallest absolute Gasteiger partial charge is 0.230 e. The Morgan fingerprint density at radius 2 is 2.00 bits per heavy atom. The van der Waals surface area contributed by atoms with Crippen LogP contribution in [0.4, 0.5) is 4.39 Å². The van der Waals surface area contributed by atoms with Crippen LogP contribution in [0.2, 0.25) is 0 Å². The van der Waals surface area contributed by atoms with Crippen molar-refractivity contribution in [2.45, 2.75) is 43.6 Å². The lowest BCUT2D eigenvalue weighted by molar-refractivity contribution is -0.119. The van der Waals surface area contributed by atoms with E-state index in [1.165, 1.54) is 23.9 Å². The molecule has 1 aliphatic heterocycles. The van der Waals surface area contributed by atoms with Crippen LogP contribution in [0.1, 0.15) is 31.4 Å². The molecule has 6 nitrogen and oxygen atoms in total. The average Bonchev–Trinajstić information content (AvgIpc) is 3.44. The molecule has 1 aromatic heterocycles. The minimum absolute atomic E-state index is 0.0728. The molecule has 1 saturated heterocycles. The van der Waals surface area contributed by atoms with Gasteiger partial charge in [-0.15, -0.1) is 10.2 Å². The van der Waals surface area contributed by atoms with Crippen LogP contribution in [0.15, 0.2) is 59.8 Å². The molecule has 1 amide bonds. The Balaban J connectivity index is 1.46. The largest absolute Gasteiger partial charge is 0.376 e. The number of carbonyl (C=O) groups excluding carboxylic acids is 1. The van der Waals surface area contributed by atoms with Crippen LogP contribution < -0.4 is 5.32 Å². The van der Waals surface area contributed by atoms with Crippen molar-refractivity contribution in [3.05, 3.63) is 66.0 Å². The Morgan fingerprint density at radius 3 is 2.71 bits per heavy atom. The molecule has 162 valence electrons. The number of nitrogens with zero attached hydrogens (tertiary/aromatic N) is 3. The van der Waals surface area contributed by atoms with Crippen molar-refractivity contribution in [3.63, 3.8) is 0 Å². The zero-order chi connectivity index (χ0) is 21.6. The molecule has 0 spiro atoms. The van der Waals surface area contributed by atoms with Gasteiger partial charge in [-0.3, -0.25) is 9.36 Å². The molecule has 3 aromatic rings. The molecule has 2 atom stereocenters. The van der Waals surface area contributed by atoms with Crippen molar-refractivity contribution < 1.29 is 13.9 Å². The number of hydrogen-bond acceptors (Lipinski definition) is 5. The fraction of sp³-hybridized carbons (Fsp3) is 0.348. The van der Waals surface area contributed by atoms with Gasteiger partial charge in [0.25, 0.3) is 0 Å². The Hall–Kier alpha value is -2.71. The normalized spacial score (nSPS) is 16.9. The quantitative estimate of drug-likeness (QED) is 0.531. The molecule has 0 bridgehead atoms. The first-order chi connectivity index (χ1) is 15.1. The zero-order valence-corrected chi connectivity index (χ0v) is 18.1. The molecule has 0 radical (unpaired) electrons. The van der Waals surface area contributed by atoms with E-state index in [-0.39, 0.29) is 29.6 Å². The maximum atomic E-state index is 13.4. The van der Waals surface area contributed by atoms with Crippen LogP contribution in [-0.4, -0.2) is 39.1 Å². The molecular weight excluding hydrogens is 415 g/mol. The fourth-order valence-electron chi connectivity index (χ4n) is 3.60. The van der Waals surface area contributed by atoms with Gasteiger partial charge in [0.2, 0.25) is 5.91 Å². The third-order valence-electron chi connectivity index (χ3n) is 5.24. The SMILES string of the molecule is C[C@@H](NC(=O)CSc1nnc(-c2ccc(F)cc2)n1C[C@H]1CCCO1)c1ccccc1. The molecule has 8 heteroatoms. The number of hydrogen-bond donors (Lipinski definition) is 1. The Bertz CT molecular complexity index is 1000. The fourth-order valence-corrected chi connectivity index (χ4v) is 4.36. The van der Waals surface area contributed by atoms with Crippen molar-refractivity contribution in [2.24, 2.45) is 0 Å². The van der Waals surface area contributed by atoms with Gasteiger partial charge in [-0.2, -0.15) is 0 Å². The summed E-state index contributed by atoms with van der Waals surface area (Å²) >= 11 is 1.34. The predicted molar refractivity (Wildman–Crippen MR) is 118 cm³/mol. The highest BCUT2D eigenvalue weighted by atomic mass is 32.2. The van der Waals surface area contributed by atoms with Crippen molar-refractivity contribution >= 4 is 17.7 Å². The van der Waals surface area contributed by atoms with Crippen molar-refractivity contribution in [1.82, 2.24) is 20.1 Å². The van der Waals surface area contributed by atoms with Gasteiger partial charge < -0.3 is 10.1 Å². The first kappa shape index (κ1) is 21.5. The van der Waals surface area contributed by atoms with Gasteiger partial charge in [0.1, 0.15) is 5.82 Å². The summed E-state index contributed by atoms with van der Waals surface area (Å²) in [5, 5.41) is 12.3. The topological polar surface area (TPSA) is 69.0 Å². The Morgan fingerprint density at radius 1 is 1.23 bits per heavy atom. The highest BCUT2D eigenvalue weighted by Crippen LogP contribution is 2.27. The summed E-state index contributed by atoms with van der Waals surface area (Å²) in [6.07, 6.45) is 2.09. The summed E-state index contributed by atoms with van der Waals surface area (Å²) in [7, 11) is 0. The molecule has 2 aromatic carbocycles. The van der Waals surface area contributed by atoms with Gasteiger partial charge in [-0.05, 0) is 49.6 Å². The number of rotatable bonds is 8. The second kappa shape index (κ2) is 10.1. The minimum Gasteiger partial charge on any atom is -0.376 e. The van der Waals surface area contributed by atoms with Crippen LogP contribution in [0, 0.1) is 5.82 Å². The molecular formula is C23H25FN4O2S. The highest BCUT2D eigenvalue weighted by molar-refractivity contribution is 7.99. The van der Waals surface area contributed by atoms with E-state index in [0.29, 0.717) is 17.5 Å². The summed E-state index contributed by atoms with van der Waals surface area (Å²) < 4.78 is 21.1. The molecule has 1 aliphatic rings. The van der Waals surface area contributed by atoms with E-state index in [2.05, 4.69) is 15.5 Å². The summed E-state index contributed by atoms with van der Waals surface area (Å²) in [5.41, 5.74) is 1.84. The second-order valence-corrected chi connectivity index (χ2v) is 8.49. The summed E-state index contributed by atoms with van der Waals surface area (Å²) in [6.45, 7) is 3.31. The molecule has 4 rings (SSSR count). The predicted octanol–water partition coefficient (Wildman–Crippen LogP) is 4.23. The van der Waals surface area contributed by atoms with Crippen LogP contribution in [0.5, 0.6) is 0 Å². The van der Waals surface area contributed by atoms with Gasteiger partial charge in [-0.1, -0.05) is 42.1 Å². The average molecular weight is 441 g/mol. The molecule has 0 unspecified atom stereocenters. The number of thioether (sulfide) groups is 1. The Kier molecular flexibility index (Phi) is 6.99. The van der Waals surface area contributed by atoms with E-state index in [1.807, 2.05) is 41.8 Å². The van der Waals surface area contributed by atoms with Crippen molar-refractivity contribution in [1.29, 1.82) is 0 Å². The van der Waals surface area contributed by atoms with Crippen molar-refractivity contribution in [2.75, 3.05) is 12.4 Å². The maximum absolute atomic E-state index is 13.4. The zero-order valence-electron chi connectivity index (χ0n) is 17.3. The maximum Gasteiger partial charge on any atom is 0.230 e. The van der Waals surface area contributed by atoms with Crippen LogP contribution >= 0.6 is 11.8 Å². The summed E-state index contributed by atoms with van der Waals surface area (Å²) in [6, 6.07) is 16.0. The van der Waals surface area contributed by atoms with Crippen molar-refractivity contribution in [3.8, 4) is 11.4 Å². The van der Waals surface area contributed by atoms with E-state index in [1.54, 1.807) is 12.1 Å².